The van der Waals surface area contributed by atoms with Crippen LogP contribution >= 0.6 is 7.82 Å². The summed E-state index contributed by atoms with van der Waals surface area (Å²) in [7, 11) is -1.35. The summed E-state index contributed by atoms with van der Waals surface area (Å²) in [5, 5.41) is 0. The van der Waals surface area contributed by atoms with E-state index in [1.54, 1.807) is 13.2 Å². The smallest absolute Gasteiger partial charge is 0.471 e. The SMILES string of the molecule is COc1ccc(Cc2cccc(C(=O)CCOP(=O)(O)OC)c2)cc1. The molecule has 0 amide bonds. The second-order valence-electron chi connectivity index (χ2n) is 5.38. The van der Waals surface area contributed by atoms with Crippen LogP contribution in [0.2, 0.25) is 0 Å². The number of carbonyl (C=O) groups excluding carboxylic acids is 1. The van der Waals surface area contributed by atoms with Gasteiger partial charge in [-0.15, -0.1) is 0 Å². The van der Waals surface area contributed by atoms with Crippen molar-refractivity contribution in [3.05, 3.63) is 65.2 Å². The van der Waals surface area contributed by atoms with Crippen molar-refractivity contribution >= 4 is 13.6 Å². The molecule has 6 nitrogen and oxygen atoms in total. The van der Waals surface area contributed by atoms with Crippen LogP contribution in [-0.2, 0) is 20.0 Å². The van der Waals surface area contributed by atoms with Gasteiger partial charge in [-0.3, -0.25) is 13.8 Å². The van der Waals surface area contributed by atoms with Gasteiger partial charge in [0.15, 0.2) is 5.78 Å². The van der Waals surface area contributed by atoms with E-state index in [0.717, 1.165) is 24.0 Å². The molecule has 0 heterocycles. The minimum Gasteiger partial charge on any atom is -0.497 e. The summed E-state index contributed by atoms with van der Waals surface area (Å²) in [6.07, 6.45) is 0.691. The first-order chi connectivity index (χ1) is 11.9. The second-order valence-corrected chi connectivity index (χ2v) is 6.94. The summed E-state index contributed by atoms with van der Waals surface area (Å²) in [5.74, 6) is 0.637. The van der Waals surface area contributed by atoms with Crippen molar-refractivity contribution in [1.82, 2.24) is 0 Å². The molecule has 0 bridgehead atoms. The summed E-state index contributed by atoms with van der Waals surface area (Å²) in [6, 6.07) is 15.0. The molecule has 1 unspecified atom stereocenters. The Labute approximate surface area is 147 Å². The molecule has 0 radical (unpaired) electrons. The largest absolute Gasteiger partial charge is 0.497 e. The number of ether oxygens (including phenoxy) is 1. The van der Waals surface area contributed by atoms with E-state index in [0.29, 0.717) is 12.0 Å². The van der Waals surface area contributed by atoms with Crippen molar-refractivity contribution in [2.24, 2.45) is 0 Å². The average molecular weight is 364 g/mol. The maximum Gasteiger partial charge on any atom is 0.471 e. The normalized spacial score (nSPS) is 13.2. The molecule has 2 aromatic rings. The zero-order valence-corrected chi connectivity index (χ0v) is 15.1. The van der Waals surface area contributed by atoms with E-state index in [-0.39, 0.29) is 18.8 Å². The van der Waals surface area contributed by atoms with Gasteiger partial charge in [0.25, 0.3) is 0 Å². The number of rotatable bonds is 9. The fourth-order valence-corrected chi connectivity index (χ4v) is 2.71. The zero-order valence-electron chi connectivity index (χ0n) is 14.2. The van der Waals surface area contributed by atoms with Gasteiger partial charge >= 0.3 is 7.82 Å². The topological polar surface area (TPSA) is 82.1 Å². The first-order valence-corrected chi connectivity index (χ1v) is 9.21. The van der Waals surface area contributed by atoms with Gasteiger partial charge in [-0.2, -0.15) is 0 Å². The zero-order chi connectivity index (χ0) is 18.3. The van der Waals surface area contributed by atoms with Gasteiger partial charge in [-0.05, 0) is 35.7 Å². The van der Waals surface area contributed by atoms with Crippen molar-refractivity contribution < 1.29 is 28.0 Å². The monoisotopic (exact) mass is 364 g/mol. The number of ketones is 1. The van der Waals surface area contributed by atoms with Crippen molar-refractivity contribution in [1.29, 1.82) is 0 Å². The Morgan fingerprint density at radius 1 is 1.08 bits per heavy atom. The van der Waals surface area contributed by atoms with Crippen LogP contribution in [0.25, 0.3) is 0 Å². The molecule has 0 aliphatic heterocycles. The fourth-order valence-electron chi connectivity index (χ4n) is 2.28. The minimum atomic E-state index is -4.05. The number of methoxy groups -OCH3 is 1. The molecule has 0 saturated carbocycles. The fraction of sp³-hybridized carbons (Fsp3) is 0.278. The molecule has 0 fully saturated rings. The van der Waals surface area contributed by atoms with Crippen LogP contribution in [0.5, 0.6) is 5.75 Å². The third-order valence-electron chi connectivity index (χ3n) is 3.63. The van der Waals surface area contributed by atoms with Crippen LogP contribution < -0.4 is 4.74 Å². The molecule has 7 heteroatoms. The maximum absolute atomic E-state index is 12.2. The Balaban J connectivity index is 1.97. The molecule has 2 aromatic carbocycles. The first-order valence-electron chi connectivity index (χ1n) is 7.71. The Bertz CT molecular complexity index is 756. The summed E-state index contributed by atoms with van der Waals surface area (Å²) in [5.41, 5.74) is 2.65. The quantitative estimate of drug-likeness (QED) is 0.541. The Hall–Kier alpha value is -1.98. The van der Waals surface area contributed by atoms with E-state index < -0.39 is 7.82 Å². The number of benzene rings is 2. The standard InChI is InChI=1S/C18H21O6P/c1-22-17-8-6-14(7-9-17)12-15-4-3-5-16(13-15)18(19)10-11-24-25(20,21)23-2/h3-9,13H,10-12H2,1-2H3,(H,20,21). The van der Waals surface area contributed by atoms with Crippen LogP contribution in [0.3, 0.4) is 0 Å². The van der Waals surface area contributed by atoms with Crippen LogP contribution in [0.15, 0.2) is 48.5 Å². The molecule has 0 spiro atoms. The lowest BCUT2D eigenvalue weighted by molar-refractivity contribution is 0.0947. The van der Waals surface area contributed by atoms with E-state index in [1.165, 1.54) is 0 Å². The highest BCUT2D eigenvalue weighted by Crippen LogP contribution is 2.41. The lowest BCUT2D eigenvalue weighted by atomic mass is 10.0. The Morgan fingerprint density at radius 3 is 2.44 bits per heavy atom. The molecule has 1 N–H and O–H groups in total. The number of hydrogen-bond acceptors (Lipinski definition) is 5. The molecule has 0 aromatic heterocycles. The van der Waals surface area contributed by atoms with Gasteiger partial charge in [-0.1, -0.05) is 30.3 Å². The highest BCUT2D eigenvalue weighted by molar-refractivity contribution is 7.47. The van der Waals surface area contributed by atoms with E-state index in [1.807, 2.05) is 42.5 Å². The maximum atomic E-state index is 12.2. The van der Waals surface area contributed by atoms with Gasteiger partial charge in [-0.25, -0.2) is 4.57 Å². The Kier molecular flexibility index (Phi) is 6.91. The lowest BCUT2D eigenvalue weighted by Crippen LogP contribution is -2.05. The number of Topliss-reactive ketones (excluding diaryl/α,β-unsaturated/α-hetero) is 1. The summed E-state index contributed by atoms with van der Waals surface area (Å²) >= 11 is 0. The van der Waals surface area contributed by atoms with Crippen LogP contribution in [0.4, 0.5) is 0 Å². The van der Waals surface area contributed by atoms with Crippen LogP contribution in [0, 0.1) is 0 Å². The van der Waals surface area contributed by atoms with Gasteiger partial charge < -0.3 is 9.63 Å². The number of phosphoric acid groups is 1. The van der Waals surface area contributed by atoms with Crippen molar-refractivity contribution in [2.75, 3.05) is 20.8 Å². The Morgan fingerprint density at radius 2 is 1.80 bits per heavy atom. The third kappa shape index (κ3) is 6.11. The molecule has 1 atom stereocenters. The predicted octanol–water partition coefficient (Wildman–Crippen LogP) is 3.62. The van der Waals surface area contributed by atoms with Crippen LogP contribution in [0.1, 0.15) is 27.9 Å². The highest BCUT2D eigenvalue weighted by atomic mass is 31.2. The summed E-state index contributed by atoms with van der Waals surface area (Å²) < 4.78 is 25.3. The molecular formula is C18H21O6P. The number of carbonyl (C=O) groups is 1. The minimum absolute atomic E-state index is 0.000100. The molecule has 25 heavy (non-hydrogen) atoms. The first kappa shape index (κ1) is 19.3. The molecule has 0 saturated heterocycles. The number of hydrogen-bond donors (Lipinski definition) is 1. The second kappa shape index (κ2) is 8.92. The van der Waals surface area contributed by atoms with Gasteiger partial charge in [0.1, 0.15) is 5.75 Å². The highest BCUT2D eigenvalue weighted by Gasteiger charge is 2.19. The van der Waals surface area contributed by atoms with Crippen molar-refractivity contribution in [3.63, 3.8) is 0 Å². The van der Waals surface area contributed by atoms with E-state index >= 15 is 0 Å². The predicted molar refractivity (Wildman–Crippen MR) is 94.0 cm³/mol. The van der Waals surface area contributed by atoms with E-state index in [9.17, 15) is 9.36 Å². The molecule has 134 valence electrons. The van der Waals surface area contributed by atoms with Gasteiger partial charge in [0.05, 0.1) is 13.7 Å². The molecule has 0 aliphatic rings. The van der Waals surface area contributed by atoms with Crippen LogP contribution in [-0.4, -0.2) is 31.5 Å². The summed E-state index contributed by atoms with van der Waals surface area (Å²) in [6.45, 7) is -0.177. The molecule has 0 aliphatic carbocycles. The van der Waals surface area contributed by atoms with E-state index in [4.69, 9.17) is 9.63 Å². The van der Waals surface area contributed by atoms with Crippen molar-refractivity contribution in [3.8, 4) is 5.75 Å². The van der Waals surface area contributed by atoms with Gasteiger partial charge in [0.2, 0.25) is 0 Å². The van der Waals surface area contributed by atoms with E-state index in [2.05, 4.69) is 9.05 Å². The van der Waals surface area contributed by atoms with Crippen molar-refractivity contribution in [2.45, 2.75) is 12.8 Å². The molecular weight excluding hydrogens is 343 g/mol. The average Bonchev–Trinajstić information content (AvgIpc) is 2.62. The lowest BCUT2D eigenvalue weighted by Gasteiger charge is -2.09. The number of phosphoric ester groups is 1. The summed E-state index contributed by atoms with van der Waals surface area (Å²) in [4.78, 5) is 21.3. The third-order valence-corrected chi connectivity index (χ3v) is 4.60. The molecule has 2 rings (SSSR count). The van der Waals surface area contributed by atoms with Gasteiger partial charge in [0, 0.05) is 19.1 Å².